The molecule has 6 atom stereocenters. The number of amides is 1. The van der Waals surface area contributed by atoms with Gasteiger partial charge in [0.1, 0.15) is 24.4 Å². The number of rotatable bonds is 6. The number of hydrogen-bond acceptors (Lipinski definition) is 13. The van der Waals surface area contributed by atoms with Crippen LogP contribution in [0.15, 0.2) is 18.7 Å². The molecule has 0 aliphatic carbocycles. The highest BCUT2D eigenvalue weighted by Crippen LogP contribution is 2.55. The zero-order valence-corrected chi connectivity index (χ0v) is 30.5. The number of methoxy groups -OCH3 is 1. The number of nitriles is 1. The third-order valence-corrected chi connectivity index (χ3v) is 11.4. The number of phenolic OH excluding ortho intramolecular Hbond substituents is 1. The fourth-order valence-electron chi connectivity index (χ4n) is 8.19. The van der Waals surface area contributed by atoms with Gasteiger partial charge in [0.05, 0.1) is 25.3 Å². The Hall–Kier alpha value is -4.66. The number of carbonyl (C=O) groups is 3. The lowest BCUT2D eigenvalue weighted by Crippen LogP contribution is -2.68. The molecule has 4 aliphatic rings. The summed E-state index contributed by atoms with van der Waals surface area (Å²) in [6.45, 7) is 9.99. The molecule has 2 saturated heterocycles. The van der Waals surface area contributed by atoms with Crippen molar-refractivity contribution in [1.29, 1.82) is 5.26 Å². The number of piperazine rings is 1. The summed E-state index contributed by atoms with van der Waals surface area (Å²) in [5, 5.41) is 24.7. The van der Waals surface area contributed by atoms with E-state index in [-0.39, 0.29) is 47.0 Å². The van der Waals surface area contributed by atoms with Crippen molar-refractivity contribution in [3.8, 4) is 34.8 Å². The van der Waals surface area contributed by atoms with Gasteiger partial charge in [-0.2, -0.15) is 30.2 Å². The largest absolute Gasteiger partial charge is 0.504 e. The van der Waals surface area contributed by atoms with Crippen LogP contribution in [0.3, 0.4) is 0 Å². The van der Waals surface area contributed by atoms with Crippen LogP contribution < -0.4 is 24.3 Å². The van der Waals surface area contributed by atoms with Crippen LogP contribution in [-0.4, -0.2) is 102 Å². The van der Waals surface area contributed by atoms with E-state index in [0.717, 1.165) is 17.3 Å². The summed E-state index contributed by atoms with van der Waals surface area (Å²) in [5.41, 5.74) is 3.32. The molecule has 2 aromatic carbocycles. The molecule has 284 valence electrons. The first kappa shape index (κ1) is 38.1. The van der Waals surface area contributed by atoms with E-state index in [9.17, 15) is 37.9 Å². The minimum atomic E-state index is -5.26. The number of nitrogens with zero attached hydrogens (tertiary/aromatic N) is 3. The van der Waals surface area contributed by atoms with Gasteiger partial charge in [0.2, 0.25) is 6.79 Å². The van der Waals surface area contributed by atoms with Crippen LogP contribution in [-0.2, 0) is 25.5 Å². The molecule has 4 unspecified atom stereocenters. The standard InChI is InChI=1S/C36H39F3N4O9S/c1-7-8-42-22-10-20-9-16(2)30(48-6)29(45)27(20)28(42)25-14-53-13-21(41-35(47)36(37,38)39)34(46)49-12-24(43(25)23(22)11-40)26-17(3)31(52-19(5)44)18(4)32-33(26)51-15-50-32/h7,9,21-25,28,45H,1,8,10,12-15H2,2-6H3,(H,41,47)/t21?,22?,23-,24-,25?,28?/m0/s1. The van der Waals surface area contributed by atoms with Gasteiger partial charge in [-0.25, -0.2) is 4.79 Å². The lowest BCUT2D eigenvalue weighted by Gasteiger charge is -2.59. The second kappa shape index (κ2) is 14.6. The first-order valence-electron chi connectivity index (χ1n) is 16.8. The number of nitrogens with one attached hydrogen (secondary N) is 1. The molecule has 2 bridgehead atoms. The average molecular weight is 761 g/mol. The molecule has 0 saturated carbocycles. The molecule has 4 aliphatic heterocycles. The maximum absolute atomic E-state index is 13.5. The van der Waals surface area contributed by atoms with Crippen LogP contribution in [0.2, 0.25) is 0 Å². The van der Waals surface area contributed by atoms with E-state index < -0.39 is 66.9 Å². The SMILES string of the molecule is C=CCN1C2c3c(cc(C)c(OC)c3O)CC1[C@H](C#N)N1C2CSCC(NC(=O)C(F)(F)F)C(=O)OC[C@H]1c1c(C)c(OC(C)=O)c(C)c2c1OCO2. The monoisotopic (exact) mass is 760 g/mol. The van der Waals surface area contributed by atoms with Gasteiger partial charge in [-0.05, 0) is 38.3 Å². The van der Waals surface area contributed by atoms with Crippen LogP contribution in [0.4, 0.5) is 13.2 Å². The Morgan fingerprint density at radius 3 is 2.49 bits per heavy atom. The van der Waals surface area contributed by atoms with Gasteiger partial charge in [0.25, 0.3) is 0 Å². The summed E-state index contributed by atoms with van der Waals surface area (Å²) in [6, 6.07) is -1.01. The number of halogens is 3. The molecular weight excluding hydrogens is 721 g/mol. The van der Waals surface area contributed by atoms with Crippen molar-refractivity contribution in [2.75, 3.05) is 38.6 Å². The molecule has 0 aromatic heterocycles. The minimum Gasteiger partial charge on any atom is -0.504 e. The topological polar surface area (TPSA) is 160 Å². The number of aryl methyl sites for hydroxylation is 1. The summed E-state index contributed by atoms with van der Waals surface area (Å²) in [4.78, 5) is 41.9. The number of fused-ring (bicyclic) bond motifs is 7. The van der Waals surface area contributed by atoms with Crippen molar-refractivity contribution in [3.05, 3.63) is 52.1 Å². The molecule has 0 radical (unpaired) electrons. The van der Waals surface area contributed by atoms with E-state index in [1.165, 1.54) is 14.0 Å². The number of benzene rings is 2. The zero-order chi connectivity index (χ0) is 38.5. The summed E-state index contributed by atoms with van der Waals surface area (Å²) >= 11 is 1.09. The molecule has 4 heterocycles. The lowest BCUT2D eigenvalue weighted by atomic mass is 9.75. The Kier molecular flexibility index (Phi) is 10.5. The average Bonchev–Trinajstić information content (AvgIpc) is 3.58. The maximum Gasteiger partial charge on any atom is 0.471 e. The van der Waals surface area contributed by atoms with Crippen LogP contribution in [0.25, 0.3) is 0 Å². The van der Waals surface area contributed by atoms with Crippen LogP contribution in [0.1, 0.15) is 52.4 Å². The number of ether oxygens (including phenoxy) is 5. The Labute approximate surface area is 307 Å². The maximum atomic E-state index is 13.5. The molecule has 2 N–H and O–H groups in total. The van der Waals surface area contributed by atoms with Crippen molar-refractivity contribution in [2.24, 2.45) is 0 Å². The normalized spacial score (nSPS) is 25.6. The highest BCUT2D eigenvalue weighted by atomic mass is 32.2. The van der Waals surface area contributed by atoms with E-state index in [4.69, 9.17) is 23.7 Å². The fraction of sp³-hybridized carbons (Fsp3) is 0.500. The van der Waals surface area contributed by atoms with Crippen molar-refractivity contribution >= 4 is 29.6 Å². The number of hydrogen-bond donors (Lipinski definition) is 2. The number of aromatic hydroxyl groups is 1. The third-order valence-electron chi connectivity index (χ3n) is 10.2. The third kappa shape index (κ3) is 6.61. The van der Waals surface area contributed by atoms with Crippen LogP contribution >= 0.6 is 11.8 Å². The number of carbonyl (C=O) groups excluding carboxylic acids is 3. The van der Waals surface area contributed by atoms with Gasteiger partial charge in [0, 0.05) is 59.3 Å². The summed E-state index contributed by atoms with van der Waals surface area (Å²) in [6.07, 6.45) is -3.22. The molecule has 2 fully saturated rings. The van der Waals surface area contributed by atoms with Gasteiger partial charge in [-0.1, -0.05) is 12.1 Å². The first-order chi connectivity index (χ1) is 25.1. The molecule has 6 rings (SSSR count). The lowest BCUT2D eigenvalue weighted by molar-refractivity contribution is -0.176. The molecule has 1 amide bonds. The smallest absolute Gasteiger partial charge is 0.471 e. The second-order valence-electron chi connectivity index (χ2n) is 13.3. The zero-order valence-electron chi connectivity index (χ0n) is 29.7. The van der Waals surface area contributed by atoms with E-state index in [0.29, 0.717) is 40.8 Å². The van der Waals surface area contributed by atoms with Gasteiger partial charge in [-0.15, -0.1) is 6.58 Å². The predicted octanol–water partition coefficient (Wildman–Crippen LogP) is 4.09. The van der Waals surface area contributed by atoms with Crippen molar-refractivity contribution in [1.82, 2.24) is 15.1 Å². The molecular formula is C36H39F3N4O9S. The van der Waals surface area contributed by atoms with E-state index in [2.05, 4.69) is 17.5 Å². The summed E-state index contributed by atoms with van der Waals surface area (Å²) < 4.78 is 69.1. The Balaban J connectivity index is 1.60. The quantitative estimate of drug-likeness (QED) is 0.247. The molecule has 0 spiro atoms. The Morgan fingerprint density at radius 2 is 1.85 bits per heavy atom. The van der Waals surface area contributed by atoms with E-state index in [1.54, 1.807) is 32.2 Å². The summed E-state index contributed by atoms with van der Waals surface area (Å²) in [7, 11) is 1.45. The highest BCUT2D eigenvalue weighted by molar-refractivity contribution is 7.99. The molecule has 17 heteroatoms. The molecule has 2 aromatic rings. The van der Waals surface area contributed by atoms with Gasteiger partial charge in [-0.3, -0.25) is 19.4 Å². The minimum absolute atomic E-state index is 0.0861. The van der Waals surface area contributed by atoms with Crippen molar-refractivity contribution in [3.63, 3.8) is 0 Å². The number of thioether (sulfide) groups is 1. The van der Waals surface area contributed by atoms with Gasteiger partial charge < -0.3 is 34.1 Å². The summed E-state index contributed by atoms with van der Waals surface area (Å²) in [5.74, 6) is -3.31. The highest BCUT2D eigenvalue weighted by Gasteiger charge is 2.56. The van der Waals surface area contributed by atoms with Crippen molar-refractivity contribution in [2.45, 2.75) is 76.5 Å². The molecule has 13 nitrogen and oxygen atoms in total. The van der Waals surface area contributed by atoms with Gasteiger partial charge in [0.15, 0.2) is 23.0 Å². The fourth-order valence-corrected chi connectivity index (χ4v) is 9.38. The van der Waals surface area contributed by atoms with E-state index in [1.807, 2.05) is 11.0 Å². The second-order valence-corrected chi connectivity index (χ2v) is 14.4. The van der Waals surface area contributed by atoms with E-state index >= 15 is 0 Å². The Morgan fingerprint density at radius 1 is 1.13 bits per heavy atom. The predicted molar refractivity (Wildman–Crippen MR) is 184 cm³/mol. The number of esters is 2. The number of phenols is 1. The van der Waals surface area contributed by atoms with Crippen LogP contribution in [0.5, 0.6) is 28.7 Å². The number of alkyl halides is 3. The molecule has 53 heavy (non-hydrogen) atoms. The number of cyclic esters (lactones) is 1. The van der Waals surface area contributed by atoms with Crippen molar-refractivity contribution < 1.29 is 56.3 Å². The Bertz CT molecular complexity index is 1900. The van der Waals surface area contributed by atoms with Crippen LogP contribution in [0, 0.1) is 32.1 Å². The van der Waals surface area contributed by atoms with Gasteiger partial charge >= 0.3 is 24.0 Å². The first-order valence-corrected chi connectivity index (χ1v) is 18.0.